The summed E-state index contributed by atoms with van der Waals surface area (Å²) < 4.78 is 0. The van der Waals surface area contributed by atoms with Crippen molar-refractivity contribution in [3.8, 4) is 0 Å². The van der Waals surface area contributed by atoms with Crippen LogP contribution in [0.1, 0.15) is 29.5 Å². The Morgan fingerprint density at radius 1 is 1.05 bits per heavy atom. The standard InChI is InChI=1S/C18H24N2/c1-13-8-7-9-15(18(13)19)12-14(2)16-10-5-6-11-17(16)20(3)4/h5-11,14H,12,19H2,1-4H3. The zero-order chi connectivity index (χ0) is 14.7. The smallest absolute Gasteiger partial charge is 0.0396 e. The second kappa shape index (κ2) is 6.00. The van der Waals surface area contributed by atoms with Gasteiger partial charge in [-0.05, 0) is 42.0 Å². The van der Waals surface area contributed by atoms with Gasteiger partial charge in [0, 0.05) is 25.5 Å². The monoisotopic (exact) mass is 268 g/mol. The molecule has 0 saturated carbocycles. The van der Waals surface area contributed by atoms with Gasteiger partial charge in [-0.15, -0.1) is 0 Å². The number of hydrogen-bond acceptors (Lipinski definition) is 2. The van der Waals surface area contributed by atoms with Gasteiger partial charge in [0.1, 0.15) is 0 Å². The lowest BCUT2D eigenvalue weighted by atomic mass is 9.91. The molecule has 1 atom stereocenters. The molecule has 2 nitrogen and oxygen atoms in total. The minimum atomic E-state index is 0.442. The highest BCUT2D eigenvalue weighted by Gasteiger charge is 2.13. The molecule has 106 valence electrons. The van der Waals surface area contributed by atoms with Crippen LogP contribution in [0, 0.1) is 6.92 Å². The van der Waals surface area contributed by atoms with E-state index in [0.717, 1.165) is 17.7 Å². The second-order valence-electron chi connectivity index (χ2n) is 5.71. The summed E-state index contributed by atoms with van der Waals surface area (Å²) in [5.41, 5.74) is 12.2. The van der Waals surface area contributed by atoms with Gasteiger partial charge in [-0.3, -0.25) is 0 Å². The highest BCUT2D eigenvalue weighted by molar-refractivity contribution is 5.56. The zero-order valence-corrected chi connectivity index (χ0v) is 12.9. The van der Waals surface area contributed by atoms with E-state index in [0.29, 0.717) is 5.92 Å². The molecule has 0 spiro atoms. The predicted octanol–water partition coefficient (Wildman–Crippen LogP) is 3.99. The first-order valence-electron chi connectivity index (χ1n) is 7.11. The lowest BCUT2D eigenvalue weighted by Gasteiger charge is -2.22. The molecule has 0 aliphatic carbocycles. The molecular formula is C18H24N2. The predicted molar refractivity (Wildman–Crippen MR) is 88.5 cm³/mol. The van der Waals surface area contributed by atoms with Crippen LogP contribution in [-0.2, 0) is 6.42 Å². The maximum Gasteiger partial charge on any atom is 0.0396 e. The van der Waals surface area contributed by atoms with E-state index in [9.17, 15) is 0 Å². The molecule has 2 aromatic rings. The third-order valence-electron chi connectivity index (χ3n) is 3.89. The normalized spacial score (nSPS) is 12.2. The van der Waals surface area contributed by atoms with Crippen LogP contribution in [0.5, 0.6) is 0 Å². The van der Waals surface area contributed by atoms with Gasteiger partial charge in [-0.1, -0.05) is 43.3 Å². The number of hydrogen-bond donors (Lipinski definition) is 1. The van der Waals surface area contributed by atoms with Crippen LogP contribution in [0.4, 0.5) is 11.4 Å². The van der Waals surface area contributed by atoms with Gasteiger partial charge in [0.2, 0.25) is 0 Å². The molecule has 2 N–H and O–H groups in total. The van der Waals surface area contributed by atoms with Crippen LogP contribution in [0.15, 0.2) is 42.5 Å². The molecule has 2 heteroatoms. The Kier molecular flexibility index (Phi) is 4.33. The molecule has 0 bridgehead atoms. The Balaban J connectivity index is 2.29. The van der Waals surface area contributed by atoms with Gasteiger partial charge in [0.05, 0.1) is 0 Å². The van der Waals surface area contributed by atoms with E-state index in [4.69, 9.17) is 5.73 Å². The molecule has 0 saturated heterocycles. The van der Waals surface area contributed by atoms with E-state index in [1.165, 1.54) is 16.8 Å². The molecular weight excluding hydrogens is 244 g/mol. The van der Waals surface area contributed by atoms with Gasteiger partial charge >= 0.3 is 0 Å². The minimum Gasteiger partial charge on any atom is -0.398 e. The minimum absolute atomic E-state index is 0.442. The fraction of sp³-hybridized carbons (Fsp3) is 0.333. The average Bonchev–Trinajstić information content (AvgIpc) is 2.43. The quantitative estimate of drug-likeness (QED) is 0.850. The van der Waals surface area contributed by atoms with Crippen molar-refractivity contribution in [2.75, 3.05) is 24.7 Å². The third kappa shape index (κ3) is 2.96. The van der Waals surface area contributed by atoms with Crippen molar-refractivity contribution < 1.29 is 0 Å². The summed E-state index contributed by atoms with van der Waals surface area (Å²) in [5.74, 6) is 0.442. The number of para-hydroxylation sites is 2. The number of nitrogens with two attached hydrogens (primary N) is 1. The molecule has 20 heavy (non-hydrogen) atoms. The summed E-state index contributed by atoms with van der Waals surface area (Å²) in [6.07, 6.45) is 0.971. The summed E-state index contributed by atoms with van der Waals surface area (Å²) in [6, 6.07) is 14.9. The second-order valence-corrected chi connectivity index (χ2v) is 5.71. The van der Waals surface area contributed by atoms with Crippen molar-refractivity contribution in [3.63, 3.8) is 0 Å². The number of aryl methyl sites for hydroxylation is 1. The van der Waals surface area contributed by atoms with Crippen LogP contribution in [-0.4, -0.2) is 14.1 Å². The number of rotatable bonds is 4. The number of nitrogens with zero attached hydrogens (tertiary/aromatic N) is 1. The van der Waals surface area contributed by atoms with Gasteiger partial charge in [0.25, 0.3) is 0 Å². The van der Waals surface area contributed by atoms with Crippen LogP contribution in [0.2, 0.25) is 0 Å². The lowest BCUT2D eigenvalue weighted by molar-refractivity contribution is 0.757. The van der Waals surface area contributed by atoms with Gasteiger partial charge in [-0.25, -0.2) is 0 Å². The van der Waals surface area contributed by atoms with Crippen molar-refractivity contribution in [1.29, 1.82) is 0 Å². The van der Waals surface area contributed by atoms with Crippen molar-refractivity contribution >= 4 is 11.4 Å². The molecule has 0 aliphatic rings. The topological polar surface area (TPSA) is 29.3 Å². The first-order chi connectivity index (χ1) is 9.50. The molecule has 0 aromatic heterocycles. The molecule has 2 aromatic carbocycles. The Morgan fingerprint density at radius 2 is 1.75 bits per heavy atom. The molecule has 1 unspecified atom stereocenters. The molecule has 0 fully saturated rings. The first kappa shape index (κ1) is 14.4. The Bertz CT molecular complexity index is 588. The summed E-state index contributed by atoms with van der Waals surface area (Å²) in [7, 11) is 4.18. The van der Waals surface area contributed by atoms with E-state index >= 15 is 0 Å². The van der Waals surface area contributed by atoms with Gasteiger partial charge in [-0.2, -0.15) is 0 Å². The van der Waals surface area contributed by atoms with Crippen LogP contribution < -0.4 is 10.6 Å². The zero-order valence-electron chi connectivity index (χ0n) is 12.9. The molecule has 0 heterocycles. The summed E-state index contributed by atoms with van der Waals surface area (Å²) >= 11 is 0. The van der Waals surface area contributed by atoms with Crippen LogP contribution in [0.3, 0.4) is 0 Å². The number of nitrogen functional groups attached to an aromatic ring is 1. The van der Waals surface area contributed by atoms with Crippen molar-refractivity contribution in [1.82, 2.24) is 0 Å². The van der Waals surface area contributed by atoms with Gasteiger partial charge < -0.3 is 10.6 Å². The molecule has 0 aliphatic heterocycles. The molecule has 0 radical (unpaired) electrons. The van der Waals surface area contributed by atoms with Crippen molar-refractivity contribution in [2.24, 2.45) is 0 Å². The number of anilines is 2. The maximum atomic E-state index is 6.20. The summed E-state index contributed by atoms with van der Waals surface area (Å²) in [6.45, 7) is 4.33. The number of benzene rings is 2. The Labute approximate surface area is 122 Å². The third-order valence-corrected chi connectivity index (χ3v) is 3.89. The lowest BCUT2D eigenvalue weighted by Crippen LogP contribution is -2.13. The fourth-order valence-corrected chi connectivity index (χ4v) is 2.67. The fourth-order valence-electron chi connectivity index (χ4n) is 2.67. The highest BCUT2D eigenvalue weighted by atomic mass is 15.1. The average molecular weight is 268 g/mol. The molecule has 2 rings (SSSR count). The van der Waals surface area contributed by atoms with E-state index in [-0.39, 0.29) is 0 Å². The first-order valence-corrected chi connectivity index (χ1v) is 7.11. The SMILES string of the molecule is Cc1cccc(CC(C)c2ccccc2N(C)C)c1N. The maximum absolute atomic E-state index is 6.20. The van der Waals surface area contributed by atoms with E-state index < -0.39 is 0 Å². The van der Waals surface area contributed by atoms with E-state index in [1.807, 2.05) is 0 Å². The highest BCUT2D eigenvalue weighted by Crippen LogP contribution is 2.30. The van der Waals surface area contributed by atoms with Crippen LogP contribution in [0.25, 0.3) is 0 Å². The van der Waals surface area contributed by atoms with E-state index in [1.54, 1.807) is 0 Å². The Morgan fingerprint density at radius 3 is 2.45 bits per heavy atom. The van der Waals surface area contributed by atoms with Gasteiger partial charge in [0.15, 0.2) is 0 Å². The van der Waals surface area contributed by atoms with E-state index in [2.05, 4.69) is 75.3 Å². The molecule has 0 amide bonds. The largest absolute Gasteiger partial charge is 0.398 e. The van der Waals surface area contributed by atoms with Crippen molar-refractivity contribution in [3.05, 3.63) is 59.2 Å². The van der Waals surface area contributed by atoms with Crippen molar-refractivity contribution in [2.45, 2.75) is 26.2 Å². The van der Waals surface area contributed by atoms with Crippen LogP contribution >= 0.6 is 0 Å². The summed E-state index contributed by atoms with van der Waals surface area (Å²) in [4.78, 5) is 2.17. The summed E-state index contributed by atoms with van der Waals surface area (Å²) in [5, 5.41) is 0. The Hall–Kier alpha value is -1.96.